The summed E-state index contributed by atoms with van der Waals surface area (Å²) >= 11 is 1.32. The van der Waals surface area contributed by atoms with Crippen molar-refractivity contribution < 1.29 is 14.0 Å². The van der Waals surface area contributed by atoms with E-state index in [0.29, 0.717) is 16.3 Å². The molecule has 2 aromatic carbocycles. The molecule has 4 rings (SSSR count). The molecule has 2 atom stereocenters. The number of rotatable bonds is 4. The number of aromatic nitrogens is 1. The average Bonchev–Trinajstić information content (AvgIpc) is 3.29. The van der Waals surface area contributed by atoms with Crippen LogP contribution in [0.5, 0.6) is 0 Å². The summed E-state index contributed by atoms with van der Waals surface area (Å²) in [5, 5.41) is 13.9. The van der Waals surface area contributed by atoms with E-state index in [1.807, 2.05) is 30.3 Å². The van der Waals surface area contributed by atoms with E-state index in [4.69, 9.17) is 4.84 Å². The lowest BCUT2D eigenvalue weighted by atomic mass is 9.96. The van der Waals surface area contributed by atoms with E-state index < -0.39 is 12.0 Å². The minimum atomic E-state index is -1.01. The van der Waals surface area contributed by atoms with Crippen LogP contribution in [0, 0.1) is 17.1 Å². The molecule has 0 N–H and O–H groups in total. The molecule has 1 aromatic heterocycles. The summed E-state index contributed by atoms with van der Waals surface area (Å²) in [6, 6.07) is 15.4. The number of fused-ring (bicyclic) bond motifs is 1. The van der Waals surface area contributed by atoms with E-state index in [1.165, 1.54) is 23.5 Å². The molecule has 3 aromatic rings. The number of carbonyl (C=O) groups is 1. The van der Waals surface area contributed by atoms with Gasteiger partial charge in [-0.05, 0) is 24.3 Å². The quantitative estimate of drug-likeness (QED) is 0.705. The van der Waals surface area contributed by atoms with Crippen LogP contribution in [0.4, 0.5) is 4.39 Å². The first kappa shape index (κ1) is 16.4. The molecule has 2 heterocycles. The Morgan fingerprint density at radius 2 is 2.15 bits per heavy atom. The molecule has 128 valence electrons. The Hall–Kier alpha value is -3.11. The van der Waals surface area contributed by atoms with Gasteiger partial charge in [-0.3, -0.25) is 4.79 Å². The molecule has 0 saturated heterocycles. The van der Waals surface area contributed by atoms with Crippen LogP contribution in [0.2, 0.25) is 0 Å². The first-order valence-electron chi connectivity index (χ1n) is 7.93. The third kappa shape index (κ3) is 2.95. The van der Waals surface area contributed by atoms with Gasteiger partial charge in [0.1, 0.15) is 10.8 Å². The summed E-state index contributed by atoms with van der Waals surface area (Å²) < 4.78 is 14.3. The zero-order valence-corrected chi connectivity index (χ0v) is 14.2. The summed E-state index contributed by atoms with van der Waals surface area (Å²) in [6.45, 7) is 0. The Morgan fingerprint density at radius 3 is 2.92 bits per heavy atom. The zero-order chi connectivity index (χ0) is 18.1. The molecule has 0 radical (unpaired) electrons. The number of hydrogen-bond donors (Lipinski definition) is 0. The Morgan fingerprint density at radius 1 is 1.31 bits per heavy atom. The minimum Gasteiger partial charge on any atom is -0.384 e. The standard InChI is InChI=1S/C19H12FN3O2S/c20-12-5-3-4-11(8-12)15-9-16(25-23-15)18(24)13(10-21)19-22-14-6-1-2-7-17(14)26-19/h1-8,13,16H,9H2/t13-,16-/m0/s1. The van der Waals surface area contributed by atoms with Crippen LogP contribution in [-0.4, -0.2) is 22.6 Å². The van der Waals surface area contributed by atoms with Gasteiger partial charge in [-0.1, -0.05) is 29.4 Å². The molecule has 1 aliphatic rings. The fourth-order valence-corrected chi connectivity index (χ4v) is 3.83. The third-order valence-corrected chi connectivity index (χ3v) is 5.22. The predicted molar refractivity (Wildman–Crippen MR) is 95.4 cm³/mol. The number of nitrogens with zero attached hydrogens (tertiary/aromatic N) is 3. The molecule has 1 aliphatic heterocycles. The number of nitriles is 1. The van der Waals surface area contributed by atoms with Crippen LogP contribution in [-0.2, 0) is 9.63 Å². The van der Waals surface area contributed by atoms with Gasteiger partial charge in [0.25, 0.3) is 0 Å². The molecule has 0 bridgehead atoms. The Labute approximate surface area is 152 Å². The zero-order valence-electron chi connectivity index (χ0n) is 13.4. The molecule has 0 spiro atoms. The van der Waals surface area contributed by atoms with Gasteiger partial charge in [0.15, 0.2) is 12.0 Å². The van der Waals surface area contributed by atoms with Crippen molar-refractivity contribution in [1.82, 2.24) is 4.98 Å². The second-order valence-corrected chi connectivity index (χ2v) is 6.89. The Kier molecular flexibility index (Phi) is 4.19. The molecule has 0 saturated carbocycles. The van der Waals surface area contributed by atoms with E-state index >= 15 is 0 Å². The Balaban J connectivity index is 1.54. The normalized spacial score (nSPS) is 17.4. The van der Waals surface area contributed by atoms with Crippen molar-refractivity contribution in [2.75, 3.05) is 0 Å². The highest BCUT2D eigenvalue weighted by molar-refractivity contribution is 7.18. The van der Waals surface area contributed by atoms with E-state index in [2.05, 4.69) is 10.1 Å². The van der Waals surface area contributed by atoms with Crippen molar-refractivity contribution in [2.45, 2.75) is 18.4 Å². The second-order valence-electron chi connectivity index (χ2n) is 5.83. The largest absolute Gasteiger partial charge is 0.384 e. The highest BCUT2D eigenvalue weighted by Crippen LogP contribution is 2.30. The van der Waals surface area contributed by atoms with Gasteiger partial charge in [0.05, 0.1) is 22.0 Å². The van der Waals surface area contributed by atoms with E-state index in [1.54, 1.807) is 12.1 Å². The van der Waals surface area contributed by atoms with Crippen molar-refractivity contribution >= 4 is 33.0 Å². The lowest BCUT2D eigenvalue weighted by Crippen LogP contribution is -2.26. The lowest BCUT2D eigenvalue weighted by molar-refractivity contribution is -0.129. The van der Waals surface area contributed by atoms with Gasteiger partial charge in [0.2, 0.25) is 5.78 Å². The van der Waals surface area contributed by atoms with Crippen molar-refractivity contribution in [3.8, 4) is 6.07 Å². The third-order valence-electron chi connectivity index (χ3n) is 4.12. The number of para-hydroxylation sites is 1. The van der Waals surface area contributed by atoms with Gasteiger partial charge in [-0.2, -0.15) is 5.26 Å². The van der Waals surface area contributed by atoms with Gasteiger partial charge >= 0.3 is 0 Å². The molecule has 26 heavy (non-hydrogen) atoms. The first-order valence-corrected chi connectivity index (χ1v) is 8.75. The van der Waals surface area contributed by atoms with E-state index in [0.717, 1.165) is 10.2 Å². The number of hydrogen-bond acceptors (Lipinski definition) is 6. The number of carbonyl (C=O) groups excluding carboxylic acids is 1. The maximum absolute atomic E-state index is 13.4. The fraction of sp³-hybridized carbons (Fsp3) is 0.158. The summed E-state index contributed by atoms with van der Waals surface area (Å²) in [7, 11) is 0. The summed E-state index contributed by atoms with van der Waals surface area (Å²) in [5.41, 5.74) is 1.81. The molecule has 0 aliphatic carbocycles. The molecule has 0 fully saturated rings. The van der Waals surface area contributed by atoms with Crippen LogP contribution in [0.3, 0.4) is 0 Å². The fourth-order valence-electron chi connectivity index (χ4n) is 2.81. The molecular weight excluding hydrogens is 353 g/mol. The van der Waals surface area contributed by atoms with E-state index in [-0.39, 0.29) is 18.0 Å². The monoisotopic (exact) mass is 365 g/mol. The smallest absolute Gasteiger partial charge is 0.200 e. The van der Waals surface area contributed by atoms with Crippen LogP contribution >= 0.6 is 11.3 Å². The summed E-state index contributed by atoms with van der Waals surface area (Å²) in [5.74, 6) is -1.79. The van der Waals surface area contributed by atoms with Gasteiger partial charge in [0, 0.05) is 12.0 Å². The van der Waals surface area contributed by atoms with Crippen LogP contribution in [0.15, 0.2) is 53.7 Å². The number of Topliss-reactive ketones (excluding diaryl/α,β-unsaturated/α-hetero) is 1. The summed E-state index contributed by atoms with van der Waals surface area (Å²) in [6.07, 6.45) is -0.671. The molecular formula is C19H12FN3O2S. The highest BCUT2D eigenvalue weighted by Gasteiger charge is 2.36. The predicted octanol–water partition coefficient (Wildman–Crippen LogP) is 3.80. The number of oxime groups is 1. The van der Waals surface area contributed by atoms with E-state index in [9.17, 15) is 14.4 Å². The SMILES string of the molecule is N#C[C@@H](C(=O)[C@@H]1CC(c2cccc(F)c2)=NO1)c1nc2ccccc2s1. The molecule has 0 unspecified atom stereocenters. The van der Waals surface area contributed by atoms with Gasteiger partial charge in [-0.25, -0.2) is 9.37 Å². The van der Waals surface area contributed by atoms with Crippen LogP contribution in [0.1, 0.15) is 22.9 Å². The average molecular weight is 365 g/mol. The number of thiazole rings is 1. The lowest BCUT2D eigenvalue weighted by Gasteiger charge is -2.09. The van der Waals surface area contributed by atoms with Crippen LogP contribution < -0.4 is 0 Å². The van der Waals surface area contributed by atoms with Crippen LogP contribution in [0.25, 0.3) is 10.2 Å². The number of ketones is 1. The van der Waals surface area contributed by atoms with Gasteiger partial charge in [-0.15, -0.1) is 11.3 Å². The Bertz CT molecular complexity index is 1040. The molecule has 5 nitrogen and oxygen atoms in total. The van der Waals surface area contributed by atoms with Crippen molar-refractivity contribution in [1.29, 1.82) is 5.26 Å². The maximum atomic E-state index is 13.4. The van der Waals surface area contributed by atoms with Crippen molar-refractivity contribution in [3.63, 3.8) is 0 Å². The highest BCUT2D eigenvalue weighted by atomic mass is 32.1. The second kappa shape index (κ2) is 6.65. The maximum Gasteiger partial charge on any atom is 0.200 e. The first-order chi connectivity index (χ1) is 12.7. The number of halogens is 1. The van der Waals surface area contributed by atoms with Crippen molar-refractivity contribution in [2.24, 2.45) is 5.16 Å². The van der Waals surface area contributed by atoms with Crippen molar-refractivity contribution in [3.05, 3.63) is 64.9 Å². The number of benzene rings is 2. The summed E-state index contributed by atoms with van der Waals surface area (Å²) in [4.78, 5) is 22.4. The molecule has 0 amide bonds. The topological polar surface area (TPSA) is 75.3 Å². The van der Waals surface area contributed by atoms with Gasteiger partial charge < -0.3 is 4.84 Å². The molecule has 7 heteroatoms. The minimum absolute atomic E-state index is 0.200.